The fourth-order valence-corrected chi connectivity index (χ4v) is 0.913. The Labute approximate surface area is 82.3 Å². The van der Waals surface area contributed by atoms with Crippen molar-refractivity contribution in [3.63, 3.8) is 0 Å². The van der Waals surface area contributed by atoms with Crippen molar-refractivity contribution in [3.05, 3.63) is 0 Å². The van der Waals surface area contributed by atoms with E-state index >= 15 is 0 Å². The molecule has 0 aliphatic carbocycles. The van der Waals surface area contributed by atoms with Crippen molar-refractivity contribution in [1.29, 1.82) is 0 Å². The largest absolute Gasteiger partial charge is 0.368 e. The lowest BCUT2D eigenvalue weighted by Crippen LogP contribution is -2.15. The number of hydrogen-bond donors (Lipinski definition) is 4. The van der Waals surface area contributed by atoms with Gasteiger partial charge in [0.05, 0.1) is 0 Å². The number of anilines is 3. The van der Waals surface area contributed by atoms with E-state index in [0.29, 0.717) is 5.95 Å². The standard InChI is InChI=1S/C7H15N7/c1-2-3-4-10-6-11-5(8)12-7(13-6)14-9/h2-4,9H2,1H3,(H4,8,10,11,12,13,14). The molecule has 0 aliphatic rings. The SMILES string of the molecule is CCCCNc1nc(N)nc(NN)n1. The van der Waals surface area contributed by atoms with Crippen LogP contribution in [0.15, 0.2) is 0 Å². The molecule has 7 nitrogen and oxygen atoms in total. The number of nitrogens with one attached hydrogen (secondary N) is 2. The second kappa shape index (κ2) is 5.18. The normalized spacial score (nSPS) is 9.86. The lowest BCUT2D eigenvalue weighted by atomic mass is 10.3. The first-order chi connectivity index (χ1) is 6.76. The van der Waals surface area contributed by atoms with Crippen molar-refractivity contribution >= 4 is 17.8 Å². The summed E-state index contributed by atoms with van der Waals surface area (Å²) in [6.45, 7) is 2.92. The number of nitrogens with zero attached hydrogens (tertiary/aromatic N) is 3. The van der Waals surface area contributed by atoms with Crippen molar-refractivity contribution in [1.82, 2.24) is 15.0 Å². The second-order valence-corrected chi connectivity index (χ2v) is 2.77. The Bertz CT molecular complexity index is 287. The van der Waals surface area contributed by atoms with Gasteiger partial charge in [0.1, 0.15) is 0 Å². The van der Waals surface area contributed by atoms with Gasteiger partial charge in [-0.1, -0.05) is 13.3 Å². The minimum absolute atomic E-state index is 0.145. The zero-order chi connectivity index (χ0) is 10.4. The summed E-state index contributed by atoms with van der Waals surface area (Å²) in [5, 5.41) is 3.02. The Morgan fingerprint density at radius 3 is 2.57 bits per heavy atom. The van der Waals surface area contributed by atoms with E-state index in [4.69, 9.17) is 11.6 Å². The zero-order valence-electron chi connectivity index (χ0n) is 8.12. The van der Waals surface area contributed by atoms with E-state index in [1.54, 1.807) is 0 Å². The summed E-state index contributed by atoms with van der Waals surface area (Å²) in [6.07, 6.45) is 2.16. The summed E-state index contributed by atoms with van der Waals surface area (Å²) in [5.41, 5.74) is 7.76. The maximum atomic E-state index is 5.44. The van der Waals surface area contributed by atoms with Crippen LogP contribution in [0.5, 0.6) is 0 Å². The Balaban J connectivity index is 2.62. The minimum atomic E-state index is 0.145. The van der Waals surface area contributed by atoms with Crippen molar-refractivity contribution in [3.8, 4) is 0 Å². The van der Waals surface area contributed by atoms with E-state index in [-0.39, 0.29) is 11.9 Å². The minimum Gasteiger partial charge on any atom is -0.368 e. The monoisotopic (exact) mass is 197 g/mol. The van der Waals surface area contributed by atoms with Crippen LogP contribution in [0.4, 0.5) is 17.8 Å². The van der Waals surface area contributed by atoms with Gasteiger partial charge in [-0.3, -0.25) is 5.43 Å². The molecule has 0 aliphatic heterocycles. The van der Waals surface area contributed by atoms with Crippen LogP contribution in [0.25, 0.3) is 0 Å². The Morgan fingerprint density at radius 2 is 1.93 bits per heavy atom. The number of unbranched alkanes of at least 4 members (excludes halogenated alkanes) is 1. The van der Waals surface area contributed by atoms with Gasteiger partial charge >= 0.3 is 0 Å². The molecule has 0 saturated heterocycles. The van der Waals surface area contributed by atoms with Gasteiger partial charge in [0.25, 0.3) is 0 Å². The van der Waals surface area contributed by atoms with Crippen LogP contribution in [0, 0.1) is 0 Å². The lowest BCUT2D eigenvalue weighted by Gasteiger charge is -2.05. The number of hydrazine groups is 1. The molecule has 1 aromatic heterocycles. The first-order valence-electron chi connectivity index (χ1n) is 4.48. The first-order valence-corrected chi connectivity index (χ1v) is 4.48. The number of aromatic nitrogens is 3. The van der Waals surface area contributed by atoms with Gasteiger partial charge in [-0.25, -0.2) is 5.84 Å². The third-order valence-electron chi connectivity index (χ3n) is 1.60. The van der Waals surface area contributed by atoms with Crippen molar-refractivity contribution in [2.24, 2.45) is 5.84 Å². The molecule has 78 valence electrons. The van der Waals surface area contributed by atoms with Gasteiger partial charge in [-0.2, -0.15) is 15.0 Å². The van der Waals surface area contributed by atoms with Gasteiger partial charge in [-0.15, -0.1) is 0 Å². The molecule has 0 aromatic carbocycles. The predicted molar refractivity (Wildman–Crippen MR) is 55.4 cm³/mol. The van der Waals surface area contributed by atoms with Crippen LogP contribution in [0.3, 0.4) is 0 Å². The molecule has 14 heavy (non-hydrogen) atoms. The first kappa shape index (κ1) is 10.5. The van der Waals surface area contributed by atoms with Crippen LogP contribution in [0.2, 0.25) is 0 Å². The van der Waals surface area contributed by atoms with Crippen LogP contribution in [-0.4, -0.2) is 21.5 Å². The average Bonchev–Trinajstić information content (AvgIpc) is 2.17. The molecule has 0 amide bonds. The highest BCUT2D eigenvalue weighted by molar-refractivity contribution is 5.38. The lowest BCUT2D eigenvalue weighted by molar-refractivity contribution is 0.825. The van der Waals surface area contributed by atoms with Gasteiger partial charge in [-0.05, 0) is 6.42 Å². The van der Waals surface area contributed by atoms with E-state index in [1.165, 1.54) is 0 Å². The summed E-state index contributed by atoms with van der Waals surface area (Å²) in [6, 6.07) is 0. The Hall–Kier alpha value is -1.63. The summed E-state index contributed by atoms with van der Waals surface area (Å²) in [7, 11) is 0. The maximum Gasteiger partial charge on any atom is 0.243 e. The molecule has 0 atom stereocenters. The van der Waals surface area contributed by atoms with E-state index in [1.807, 2.05) is 0 Å². The van der Waals surface area contributed by atoms with Crippen molar-refractivity contribution in [2.75, 3.05) is 23.0 Å². The molecule has 0 fully saturated rings. The van der Waals surface area contributed by atoms with Crippen LogP contribution >= 0.6 is 0 Å². The van der Waals surface area contributed by atoms with E-state index in [9.17, 15) is 0 Å². The summed E-state index contributed by atoms with van der Waals surface area (Å²) in [5.74, 6) is 6.01. The fraction of sp³-hybridized carbons (Fsp3) is 0.571. The van der Waals surface area contributed by atoms with Crippen molar-refractivity contribution < 1.29 is 0 Å². The third-order valence-corrected chi connectivity index (χ3v) is 1.60. The van der Waals surface area contributed by atoms with Gasteiger partial charge in [0.2, 0.25) is 17.8 Å². The zero-order valence-corrected chi connectivity index (χ0v) is 8.12. The highest BCUT2D eigenvalue weighted by Crippen LogP contribution is 2.05. The van der Waals surface area contributed by atoms with E-state index < -0.39 is 0 Å². The Morgan fingerprint density at radius 1 is 1.21 bits per heavy atom. The highest BCUT2D eigenvalue weighted by Gasteiger charge is 2.01. The molecule has 1 heterocycles. The number of hydrogen-bond acceptors (Lipinski definition) is 7. The molecule has 1 aromatic rings. The highest BCUT2D eigenvalue weighted by atomic mass is 15.3. The maximum absolute atomic E-state index is 5.44. The molecule has 0 spiro atoms. The molecule has 0 unspecified atom stereocenters. The summed E-state index contributed by atoms with van der Waals surface area (Å²) >= 11 is 0. The number of nitrogens with two attached hydrogens (primary N) is 2. The quantitative estimate of drug-likeness (QED) is 0.297. The third kappa shape index (κ3) is 3.02. The summed E-state index contributed by atoms with van der Waals surface area (Å²) in [4.78, 5) is 11.6. The van der Waals surface area contributed by atoms with Crippen molar-refractivity contribution in [2.45, 2.75) is 19.8 Å². The van der Waals surface area contributed by atoms with Crippen LogP contribution in [0.1, 0.15) is 19.8 Å². The Kier molecular flexibility index (Phi) is 3.86. The molecular weight excluding hydrogens is 182 g/mol. The van der Waals surface area contributed by atoms with Gasteiger partial charge in [0.15, 0.2) is 0 Å². The predicted octanol–water partition coefficient (Wildman–Crippen LogP) is -0.0486. The van der Waals surface area contributed by atoms with Gasteiger partial charge < -0.3 is 11.1 Å². The molecule has 6 N–H and O–H groups in total. The number of rotatable bonds is 5. The smallest absolute Gasteiger partial charge is 0.243 e. The van der Waals surface area contributed by atoms with Gasteiger partial charge in [0, 0.05) is 6.54 Å². The fourth-order valence-electron chi connectivity index (χ4n) is 0.913. The molecule has 0 saturated carbocycles. The van der Waals surface area contributed by atoms with Crippen LogP contribution < -0.4 is 22.3 Å². The number of nitrogen functional groups attached to an aromatic ring is 2. The summed E-state index contributed by atoms with van der Waals surface area (Å²) < 4.78 is 0. The van der Waals surface area contributed by atoms with E-state index in [2.05, 4.69) is 32.6 Å². The molecule has 0 radical (unpaired) electrons. The topological polar surface area (TPSA) is 115 Å². The molecular formula is C7H15N7. The molecule has 1 rings (SSSR count). The van der Waals surface area contributed by atoms with E-state index in [0.717, 1.165) is 19.4 Å². The van der Waals surface area contributed by atoms with Crippen LogP contribution in [-0.2, 0) is 0 Å². The molecule has 0 bridgehead atoms. The second-order valence-electron chi connectivity index (χ2n) is 2.77. The molecule has 7 heteroatoms. The average molecular weight is 197 g/mol.